The summed E-state index contributed by atoms with van der Waals surface area (Å²) in [4.78, 5) is 12.9. The molecule has 4 heteroatoms. The van der Waals surface area contributed by atoms with E-state index in [9.17, 15) is 4.79 Å². The number of para-hydroxylation sites is 1. The van der Waals surface area contributed by atoms with Gasteiger partial charge in [0.2, 0.25) is 0 Å². The van der Waals surface area contributed by atoms with Gasteiger partial charge in [0.1, 0.15) is 5.75 Å². The Bertz CT molecular complexity index is 669. The van der Waals surface area contributed by atoms with Crippen molar-refractivity contribution in [2.45, 2.75) is 12.3 Å². The summed E-state index contributed by atoms with van der Waals surface area (Å²) in [5.41, 5.74) is 1.78. The molecule has 0 saturated heterocycles. The van der Waals surface area contributed by atoms with Gasteiger partial charge in [-0.05, 0) is 53.3 Å². The Kier molecular flexibility index (Phi) is 4.12. The topological polar surface area (TPSA) is 26.3 Å². The van der Waals surface area contributed by atoms with Crippen molar-refractivity contribution < 1.29 is 9.53 Å². The molecule has 1 unspecified atom stereocenters. The molecular weight excluding hydrogens is 431 g/mol. The van der Waals surface area contributed by atoms with Gasteiger partial charge >= 0.3 is 0 Å². The van der Waals surface area contributed by atoms with Gasteiger partial charge in [-0.1, -0.05) is 34.1 Å². The Labute approximate surface area is 139 Å². The molecule has 0 aliphatic carbocycles. The molecular formula is C16H12BrIO2. The van der Waals surface area contributed by atoms with Crippen LogP contribution < -0.4 is 4.74 Å². The van der Waals surface area contributed by atoms with Crippen molar-refractivity contribution in [3.63, 3.8) is 0 Å². The van der Waals surface area contributed by atoms with Crippen molar-refractivity contribution in [1.29, 1.82) is 0 Å². The molecule has 1 heterocycles. The van der Waals surface area contributed by atoms with Crippen LogP contribution in [0.25, 0.3) is 0 Å². The maximum atomic E-state index is 12.9. The van der Waals surface area contributed by atoms with E-state index in [1.807, 2.05) is 42.5 Å². The zero-order valence-electron chi connectivity index (χ0n) is 10.6. The Morgan fingerprint density at radius 1 is 1.25 bits per heavy atom. The number of carbonyl (C=O) groups is 1. The Balaban J connectivity index is 2.02. The van der Waals surface area contributed by atoms with Crippen LogP contribution in [-0.2, 0) is 0 Å². The number of rotatable bonds is 2. The van der Waals surface area contributed by atoms with Gasteiger partial charge in [-0.25, -0.2) is 0 Å². The highest BCUT2D eigenvalue weighted by atomic mass is 127. The molecule has 20 heavy (non-hydrogen) atoms. The largest absolute Gasteiger partial charge is 0.493 e. The third-order valence-electron chi connectivity index (χ3n) is 3.47. The van der Waals surface area contributed by atoms with Crippen LogP contribution >= 0.6 is 38.5 Å². The summed E-state index contributed by atoms with van der Waals surface area (Å²) in [5.74, 6) is 0.899. The van der Waals surface area contributed by atoms with Crippen LogP contribution in [0, 0.1) is 3.57 Å². The first-order chi connectivity index (χ1) is 9.66. The maximum Gasteiger partial charge on any atom is 0.171 e. The lowest BCUT2D eigenvalue weighted by atomic mass is 9.86. The zero-order chi connectivity index (χ0) is 14.1. The number of benzene rings is 2. The van der Waals surface area contributed by atoms with Crippen molar-refractivity contribution in [1.82, 2.24) is 0 Å². The average Bonchev–Trinajstić information content (AvgIpc) is 2.48. The van der Waals surface area contributed by atoms with Gasteiger partial charge < -0.3 is 4.74 Å². The van der Waals surface area contributed by atoms with Gasteiger partial charge in [-0.3, -0.25) is 4.79 Å². The number of ether oxygens (including phenoxy) is 1. The maximum absolute atomic E-state index is 12.9. The molecule has 0 N–H and O–H groups in total. The molecule has 2 aromatic carbocycles. The number of hydrogen-bond acceptors (Lipinski definition) is 2. The zero-order valence-corrected chi connectivity index (χ0v) is 14.3. The van der Waals surface area contributed by atoms with Gasteiger partial charge in [-0.15, -0.1) is 0 Å². The van der Waals surface area contributed by atoms with E-state index < -0.39 is 0 Å². The number of carbonyl (C=O) groups excluding carboxylic acids is 1. The molecule has 0 aromatic heterocycles. The summed E-state index contributed by atoms with van der Waals surface area (Å²) in [5, 5.41) is 0. The Morgan fingerprint density at radius 2 is 2.05 bits per heavy atom. The molecule has 0 spiro atoms. The molecule has 0 saturated carbocycles. The van der Waals surface area contributed by atoms with Crippen molar-refractivity contribution >= 4 is 44.3 Å². The highest BCUT2D eigenvalue weighted by molar-refractivity contribution is 14.1. The first-order valence-corrected chi connectivity index (χ1v) is 8.25. The third-order valence-corrected chi connectivity index (χ3v) is 4.90. The van der Waals surface area contributed by atoms with Crippen LogP contribution in [0.3, 0.4) is 0 Å². The second-order valence-corrected chi connectivity index (χ2v) is 6.79. The lowest BCUT2D eigenvalue weighted by Gasteiger charge is -2.25. The molecule has 0 bridgehead atoms. The SMILES string of the molecule is O=C(c1cc(Br)ccc1I)C1CCOc2ccccc21. The minimum atomic E-state index is -0.109. The van der Waals surface area contributed by atoms with Crippen LogP contribution in [-0.4, -0.2) is 12.4 Å². The summed E-state index contributed by atoms with van der Waals surface area (Å²) in [6.07, 6.45) is 0.735. The summed E-state index contributed by atoms with van der Waals surface area (Å²) in [6.45, 7) is 0.595. The summed E-state index contributed by atoms with van der Waals surface area (Å²) >= 11 is 5.66. The number of ketones is 1. The number of Topliss-reactive ketones (excluding diaryl/α,β-unsaturated/α-hetero) is 1. The van der Waals surface area contributed by atoms with E-state index >= 15 is 0 Å². The van der Waals surface area contributed by atoms with Crippen molar-refractivity contribution in [3.8, 4) is 5.75 Å². The van der Waals surface area contributed by atoms with E-state index in [4.69, 9.17) is 4.74 Å². The van der Waals surface area contributed by atoms with E-state index in [2.05, 4.69) is 38.5 Å². The minimum absolute atomic E-state index is 0.109. The van der Waals surface area contributed by atoms with Crippen LogP contribution in [0.4, 0.5) is 0 Å². The molecule has 1 aliphatic heterocycles. The summed E-state index contributed by atoms with van der Waals surface area (Å²) < 4.78 is 7.55. The molecule has 0 radical (unpaired) electrons. The van der Waals surface area contributed by atoms with Gasteiger partial charge in [0.15, 0.2) is 5.78 Å². The summed E-state index contributed by atoms with van der Waals surface area (Å²) in [7, 11) is 0. The highest BCUT2D eigenvalue weighted by Gasteiger charge is 2.29. The summed E-state index contributed by atoms with van der Waals surface area (Å²) in [6, 6.07) is 13.6. The quantitative estimate of drug-likeness (QED) is 0.493. The molecule has 0 fully saturated rings. The van der Waals surface area contributed by atoms with Crippen LogP contribution in [0.15, 0.2) is 46.9 Å². The molecule has 3 rings (SSSR count). The lowest BCUT2D eigenvalue weighted by Crippen LogP contribution is -2.22. The van der Waals surface area contributed by atoms with E-state index in [0.29, 0.717) is 6.61 Å². The highest BCUT2D eigenvalue weighted by Crippen LogP contribution is 2.36. The third kappa shape index (κ3) is 2.63. The second kappa shape index (κ2) is 5.85. The Morgan fingerprint density at radius 3 is 2.90 bits per heavy atom. The molecule has 2 nitrogen and oxygen atoms in total. The number of halogens is 2. The van der Waals surface area contributed by atoms with Crippen molar-refractivity contribution in [2.24, 2.45) is 0 Å². The van der Waals surface area contributed by atoms with Crippen LogP contribution in [0.1, 0.15) is 28.3 Å². The first-order valence-electron chi connectivity index (χ1n) is 6.38. The lowest BCUT2D eigenvalue weighted by molar-refractivity contribution is 0.0932. The predicted molar refractivity (Wildman–Crippen MR) is 90.5 cm³/mol. The fourth-order valence-electron chi connectivity index (χ4n) is 2.49. The van der Waals surface area contributed by atoms with Crippen LogP contribution in [0.2, 0.25) is 0 Å². The van der Waals surface area contributed by atoms with E-state index in [0.717, 1.165) is 31.3 Å². The Hall–Kier alpha value is -0.880. The molecule has 0 amide bonds. The molecule has 1 aliphatic rings. The first kappa shape index (κ1) is 14.1. The second-order valence-electron chi connectivity index (χ2n) is 4.72. The smallest absolute Gasteiger partial charge is 0.171 e. The molecule has 2 aromatic rings. The molecule has 102 valence electrons. The van der Waals surface area contributed by atoms with Gasteiger partial charge in [0.05, 0.1) is 12.5 Å². The fraction of sp³-hybridized carbons (Fsp3) is 0.188. The monoisotopic (exact) mass is 442 g/mol. The number of hydrogen-bond donors (Lipinski definition) is 0. The van der Waals surface area contributed by atoms with E-state index in [1.165, 1.54) is 0 Å². The minimum Gasteiger partial charge on any atom is -0.493 e. The van der Waals surface area contributed by atoms with Crippen molar-refractivity contribution in [2.75, 3.05) is 6.61 Å². The van der Waals surface area contributed by atoms with E-state index in [-0.39, 0.29) is 11.7 Å². The van der Waals surface area contributed by atoms with E-state index in [1.54, 1.807) is 0 Å². The average molecular weight is 443 g/mol. The standard InChI is InChI=1S/C16H12BrIO2/c17-10-5-6-14(18)13(9-10)16(19)12-7-8-20-15-4-2-1-3-11(12)15/h1-6,9,12H,7-8H2. The van der Waals surface area contributed by atoms with Gasteiger partial charge in [0.25, 0.3) is 0 Å². The van der Waals surface area contributed by atoms with Gasteiger partial charge in [-0.2, -0.15) is 0 Å². The normalized spacial score (nSPS) is 17.2. The number of fused-ring (bicyclic) bond motifs is 1. The fourth-order valence-corrected chi connectivity index (χ4v) is 3.45. The molecule has 1 atom stereocenters. The predicted octanol–water partition coefficient (Wildman–Crippen LogP) is 4.80. The van der Waals surface area contributed by atoms with Crippen LogP contribution in [0.5, 0.6) is 5.75 Å². The van der Waals surface area contributed by atoms with Gasteiger partial charge in [0, 0.05) is 19.2 Å². The van der Waals surface area contributed by atoms with Crippen molar-refractivity contribution in [3.05, 3.63) is 61.6 Å².